The molecular formula is C14H20N4. The van der Waals surface area contributed by atoms with Gasteiger partial charge in [0.2, 0.25) is 0 Å². The predicted octanol–water partition coefficient (Wildman–Crippen LogP) is 1.55. The molecule has 0 radical (unpaired) electrons. The van der Waals surface area contributed by atoms with Crippen LogP contribution in [0.4, 0.5) is 0 Å². The van der Waals surface area contributed by atoms with Crippen LogP contribution in [0.1, 0.15) is 24.8 Å². The molecule has 1 saturated heterocycles. The molecule has 1 fully saturated rings. The second-order valence-electron chi connectivity index (χ2n) is 4.74. The predicted molar refractivity (Wildman–Crippen MR) is 70.8 cm³/mol. The van der Waals surface area contributed by atoms with Crippen molar-refractivity contribution >= 4 is 0 Å². The fraction of sp³-hybridized carbons (Fsp3) is 0.571. The van der Waals surface area contributed by atoms with Gasteiger partial charge < -0.3 is 5.32 Å². The first-order valence-corrected chi connectivity index (χ1v) is 6.61. The molecule has 0 spiro atoms. The molecule has 1 aromatic heterocycles. The number of hydrogen-bond acceptors (Lipinski definition) is 4. The molecule has 1 aliphatic rings. The lowest BCUT2D eigenvalue weighted by Gasteiger charge is -2.34. The minimum atomic E-state index is 0.548. The normalized spacial score (nSPS) is 19.7. The molecule has 2 rings (SSSR count). The van der Waals surface area contributed by atoms with Gasteiger partial charge in [-0.25, -0.2) is 0 Å². The van der Waals surface area contributed by atoms with Crippen LogP contribution in [0.2, 0.25) is 0 Å². The smallest absolute Gasteiger partial charge is 0.0635 e. The Morgan fingerprint density at radius 1 is 1.56 bits per heavy atom. The monoisotopic (exact) mass is 244 g/mol. The number of nitrogens with zero attached hydrogens (tertiary/aromatic N) is 3. The fourth-order valence-corrected chi connectivity index (χ4v) is 2.46. The molecule has 0 amide bonds. The van der Waals surface area contributed by atoms with Gasteiger partial charge in [0.1, 0.15) is 0 Å². The van der Waals surface area contributed by atoms with Crippen LogP contribution in [0.3, 0.4) is 0 Å². The van der Waals surface area contributed by atoms with E-state index in [4.69, 9.17) is 5.26 Å². The second kappa shape index (κ2) is 7.10. The van der Waals surface area contributed by atoms with Gasteiger partial charge in [-0.05, 0) is 31.0 Å². The maximum absolute atomic E-state index is 8.77. The molecule has 1 unspecified atom stereocenters. The summed E-state index contributed by atoms with van der Waals surface area (Å²) in [6, 6.07) is 6.86. The quantitative estimate of drug-likeness (QED) is 0.854. The molecule has 0 aromatic carbocycles. The summed E-state index contributed by atoms with van der Waals surface area (Å²) in [5.74, 6) is 0. The summed E-state index contributed by atoms with van der Waals surface area (Å²) in [5.41, 5.74) is 1.22. The zero-order valence-electron chi connectivity index (χ0n) is 10.7. The number of piperidine rings is 1. The Hall–Kier alpha value is -1.44. The molecule has 1 aliphatic heterocycles. The molecule has 96 valence electrons. The number of pyridine rings is 1. The van der Waals surface area contributed by atoms with E-state index in [1.165, 1.54) is 18.4 Å². The lowest BCUT2D eigenvalue weighted by atomic mass is 10.0. The van der Waals surface area contributed by atoms with Crippen LogP contribution in [0.25, 0.3) is 0 Å². The minimum Gasteiger partial charge on any atom is -0.315 e. The molecule has 1 N–H and O–H groups in total. The first-order chi connectivity index (χ1) is 8.90. The summed E-state index contributed by atoms with van der Waals surface area (Å²) in [4.78, 5) is 6.56. The van der Waals surface area contributed by atoms with E-state index < -0.39 is 0 Å². The van der Waals surface area contributed by atoms with Crippen LogP contribution >= 0.6 is 0 Å². The Bertz CT molecular complexity index is 379. The summed E-state index contributed by atoms with van der Waals surface area (Å²) in [6.07, 6.45) is 6.75. The number of nitriles is 1. The minimum absolute atomic E-state index is 0.548. The Balaban J connectivity index is 1.98. The molecule has 0 bridgehead atoms. The molecule has 4 nitrogen and oxygen atoms in total. The standard InChI is InChI=1S/C14H20N4/c15-6-3-9-18(14-5-2-8-17-11-14)12-13-4-1-7-16-10-13/h1,4,7,10,14,17H,2-3,5,8-9,11-12H2. The van der Waals surface area contributed by atoms with Crippen molar-refractivity contribution in [1.82, 2.24) is 15.2 Å². The van der Waals surface area contributed by atoms with Gasteiger partial charge >= 0.3 is 0 Å². The average molecular weight is 244 g/mol. The fourth-order valence-electron chi connectivity index (χ4n) is 2.46. The van der Waals surface area contributed by atoms with Crippen molar-refractivity contribution in [2.24, 2.45) is 0 Å². The van der Waals surface area contributed by atoms with E-state index in [1.807, 2.05) is 12.3 Å². The molecule has 1 atom stereocenters. The van der Waals surface area contributed by atoms with Crippen molar-refractivity contribution in [1.29, 1.82) is 5.26 Å². The first-order valence-electron chi connectivity index (χ1n) is 6.61. The largest absolute Gasteiger partial charge is 0.315 e. The Labute approximate surface area is 109 Å². The van der Waals surface area contributed by atoms with Gasteiger partial charge in [0.25, 0.3) is 0 Å². The van der Waals surface area contributed by atoms with Gasteiger partial charge in [-0.2, -0.15) is 5.26 Å². The number of aromatic nitrogens is 1. The van der Waals surface area contributed by atoms with Gasteiger partial charge in [-0.15, -0.1) is 0 Å². The van der Waals surface area contributed by atoms with Crippen molar-refractivity contribution < 1.29 is 0 Å². The van der Waals surface area contributed by atoms with Crippen molar-refractivity contribution in [3.8, 4) is 6.07 Å². The Kier molecular flexibility index (Phi) is 5.13. The van der Waals surface area contributed by atoms with Crippen LogP contribution < -0.4 is 5.32 Å². The van der Waals surface area contributed by atoms with E-state index in [2.05, 4.69) is 27.3 Å². The Morgan fingerprint density at radius 3 is 3.17 bits per heavy atom. The van der Waals surface area contributed by atoms with Crippen molar-refractivity contribution in [3.63, 3.8) is 0 Å². The summed E-state index contributed by atoms with van der Waals surface area (Å²) >= 11 is 0. The van der Waals surface area contributed by atoms with Crippen LogP contribution in [-0.2, 0) is 6.54 Å². The van der Waals surface area contributed by atoms with Crippen LogP contribution in [0.5, 0.6) is 0 Å². The first kappa shape index (κ1) is 13.0. The molecule has 2 heterocycles. The van der Waals surface area contributed by atoms with Gasteiger partial charge in [-0.1, -0.05) is 6.07 Å². The number of nitrogens with one attached hydrogen (secondary N) is 1. The zero-order valence-corrected chi connectivity index (χ0v) is 10.7. The van der Waals surface area contributed by atoms with Crippen molar-refractivity contribution in [2.45, 2.75) is 31.8 Å². The third-order valence-corrected chi connectivity index (χ3v) is 3.41. The summed E-state index contributed by atoms with van der Waals surface area (Å²) in [5, 5.41) is 12.2. The third kappa shape index (κ3) is 3.80. The lowest BCUT2D eigenvalue weighted by molar-refractivity contribution is 0.161. The van der Waals surface area contributed by atoms with Crippen LogP contribution in [0.15, 0.2) is 24.5 Å². The van der Waals surface area contributed by atoms with Gasteiger partial charge in [0.05, 0.1) is 6.07 Å². The highest BCUT2D eigenvalue weighted by atomic mass is 15.2. The maximum Gasteiger partial charge on any atom is 0.0635 e. The molecule has 18 heavy (non-hydrogen) atoms. The maximum atomic E-state index is 8.77. The third-order valence-electron chi connectivity index (χ3n) is 3.41. The summed E-state index contributed by atoms with van der Waals surface area (Å²) in [7, 11) is 0. The van der Waals surface area contributed by atoms with E-state index in [0.29, 0.717) is 12.5 Å². The molecule has 0 aliphatic carbocycles. The molecular weight excluding hydrogens is 224 g/mol. The SMILES string of the molecule is N#CCCN(Cc1cccnc1)C1CCCNC1. The lowest BCUT2D eigenvalue weighted by Crippen LogP contribution is -2.45. The topological polar surface area (TPSA) is 52.0 Å². The van der Waals surface area contributed by atoms with E-state index >= 15 is 0 Å². The number of hydrogen-bond donors (Lipinski definition) is 1. The van der Waals surface area contributed by atoms with Gasteiger partial charge in [-0.3, -0.25) is 9.88 Å². The Morgan fingerprint density at radius 2 is 2.50 bits per heavy atom. The van der Waals surface area contributed by atoms with Gasteiger partial charge in [0, 0.05) is 44.5 Å². The van der Waals surface area contributed by atoms with E-state index in [0.717, 1.165) is 26.2 Å². The van der Waals surface area contributed by atoms with Crippen molar-refractivity contribution in [3.05, 3.63) is 30.1 Å². The highest BCUT2D eigenvalue weighted by Crippen LogP contribution is 2.14. The van der Waals surface area contributed by atoms with E-state index in [1.54, 1.807) is 6.20 Å². The molecule has 1 aromatic rings. The second-order valence-corrected chi connectivity index (χ2v) is 4.74. The van der Waals surface area contributed by atoms with Crippen LogP contribution in [-0.4, -0.2) is 35.6 Å². The van der Waals surface area contributed by atoms with Crippen LogP contribution in [0, 0.1) is 11.3 Å². The average Bonchev–Trinajstić information content (AvgIpc) is 2.45. The van der Waals surface area contributed by atoms with E-state index in [-0.39, 0.29) is 0 Å². The van der Waals surface area contributed by atoms with Crippen molar-refractivity contribution in [2.75, 3.05) is 19.6 Å². The highest BCUT2D eigenvalue weighted by molar-refractivity contribution is 5.08. The zero-order chi connectivity index (χ0) is 12.6. The molecule has 0 saturated carbocycles. The summed E-state index contributed by atoms with van der Waals surface area (Å²) < 4.78 is 0. The summed E-state index contributed by atoms with van der Waals surface area (Å²) in [6.45, 7) is 3.89. The number of rotatable bonds is 5. The van der Waals surface area contributed by atoms with E-state index in [9.17, 15) is 0 Å². The van der Waals surface area contributed by atoms with Gasteiger partial charge in [0.15, 0.2) is 0 Å². The highest BCUT2D eigenvalue weighted by Gasteiger charge is 2.20. The molecule has 4 heteroatoms.